The molecule has 0 spiro atoms. The minimum atomic E-state index is -3.64. The van der Waals surface area contributed by atoms with Crippen molar-refractivity contribution in [2.45, 2.75) is 17.7 Å². The number of aromatic nitrogens is 1. The molecule has 2 heterocycles. The smallest absolute Gasteiger partial charge is 0.243 e. The minimum absolute atomic E-state index is 0.172. The summed E-state index contributed by atoms with van der Waals surface area (Å²) in [6.45, 7) is 0.582. The van der Waals surface area contributed by atoms with Gasteiger partial charge < -0.3 is 10.1 Å². The molecular formula is C18H21N3O4S. The van der Waals surface area contributed by atoms with Gasteiger partial charge in [0.1, 0.15) is 5.75 Å². The van der Waals surface area contributed by atoms with Crippen molar-refractivity contribution in [1.29, 1.82) is 0 Å². The van der Waals surface area contributed by atoms with Crippen molar-refractivity contribution in [1.82, 2.24) is 9.29 Å². The number of nitrogens with one attached hydrogen (secondary N) is 1. The van der Waals surface area contributed by atoms with Gasteiger partial charge in [0.2, 0.25) is 15.9 Å². The van der Waals surface area contributed by atoms with Gasteiger partial charge >= 0.3 is 0 Å². The number of sulfonamides is 1. The van der Waals surface area contributed by atoms with Crippen LogP contribution in [0.3, 0.4) is 0 Å². The molecule has 1 amide bonds. The summed E-state index contributed by atoms with van der Waals surface area (Å²) in [5.74, 6) is 0.0352. The predicted octanol–water partition coefficient (Wildman–Crippen LogP) is 2.13. The molecule has 0 saturated carbocycles. The van der Waals surface area contributed by atoms with Gasteiger partial charge in [-0.25, -0.2) is 8.42 Å². The second-order valence-corrected chi connectivity index (χ2v) is 8.04. The Morgan fingerprint density at radius 3 is 2.54 bits per heavy atom. The Morgan fingerprint density at radius 2 is 1.88 bits per heavy atom. The van der Waals surface area contributed by atoms with Crippen LogP contribution in [0.5, 0.6) is 5.75 Å². The molecule has 0 aliphatic carbocycles. The van der Waals surface area contributed by atoms with Crippen molar-refractivity contribution in [3.05, 3.63) is 48.8 Å². The normalized spacial score (nSPS) is 18.3. The van der Waals surface area contributed by atoms with Crippen LogP contribution in [-0.4, -0.2) is 43.8 Å². The SMILES string of the molecule is COc1ccc(S(=O)(=O)N2CCCC(C(=O)Nc3ccncc3)C2)cc1. The van der Waals surface area contributed by atoms with E-state index in [0.29, 0.717) is 30.8 Å². The lowest BCUT2D eigenvalue weighted by Crippen LogP contribution is -2.43. The van der Waals surface area contributed by atoms with E-state index in [0.717, 1.165) is 0 Å². The van der Waals surface area contributed by atoms with E-state index in [1.807, 2.05) is 0 Å². The molecule has 1 aromatic carbocycles. The van der Waals surface area contributed by atoms with E-state index in [1.165, 1.54) is 23.5 Å². The number of nitrogens with zero attached hydrogens (tertiary/aromatic N) is 2. The Kier molecular flexibility index (Phi) is 5.53. The fraction of sp³-hybridized carbons (Fsp3) is 0.333. The molecule has 1 aliphatic rings. The van der Waals surface area contributed by atoms with Crippen LogP contribution >= 0.6 is 0 Å². The summed E-state index contributed by atoms with van der Waals surface area (Å²) >= 11 is 0. The number of ether oxygens (including phenoxy) is 1. The second kappa shape index (κ2) is 7.84. The van der Waals surface area contributed by atoms with Gasteiger partial charge in [0.25, 0.3) is 0 Å². The van der Waals surface area contributed by atoms with Gasteiger partial charge in [-0.15, -0.1) is 0 Å². The van der Waals surface area contributed by atoms with Crippen molar-refractivity contribution >= 4 is 21.6 Å². The van der Waals surface area contributed by atoms with Gasteiger partial charge in [0, 0.05) is 31.2 Å². The van der Waals surface area contributed by atoms with E-state index >= 15 is 0 Å². The first-order chi connectivity index (χ1) is 12.5. The fourth-order valence-corrected chi connectivity index (χ4v) is 4.47. The Labute approximate surface area is 153 Å². The van der Waals surface area contributed by atoms with Crippen LogP contribution in [0, 0.1) is 5.92 Å². The summed E-state index contributed by atoms with van der Waals surface area (Å²) in [5, 5.41) is 2.82. The molecule has 2 aromatic rings. The first kappa shape index (κ1) is 18.3. The van der Waals surface area contributed by atoms with Gasteiger partial charge in [0.05, 0.1) is 17.9 Å². The number of piperidine rings is 1. The molecular weight excluding hydrogens is 354 g/mol. The van der Waals surface area contributed by atoms with E-state index in [2.05, 4.69) is 10.3 Å². The van der Waals surface area contributed by atoms with Gasteiger partial charge in [-0.1, -0.05) is 0 Å². The largest absolute Gasteiger partial charge is 0.497 e. The Bertz CT molecular complexity index is 854. The lowest BCUT2D eigenvalue weighted by Gasteiger charge is -2.31. The van der Waals surface area contributed by atoms with Crippen LogP contribution in [0.15, 0.2) is 53.7 Å². The van der Waals surface area contributed by atoms with Gasteiger partial charge in [-0.2, -0.15) is 4.31 Å². The summed E-state index contributed by atoms with van der Waals surface area (Å²) < 4.78 is 32.2. The van der Waals surface area contributed by atoms with Crippen molar-refractivity contribution in [2.75, 3.05) is 25.5 Å². The number of anilines is 1. The van der Waals surface area contributed by atoms with Crippen LogP contribution in [0.4, 0.5) is 5.69 Å². The molecule has 0 radical (unpaired) electrons. The Morgan fingerprint density at radius 1 is 1.19 bits per heavy atom. The van der Waals surface area contributed by atoms with E-state index < -0.39 is 10.0 Å². The Hall–Kier alpha value is -2.45. The number of benzene rings is 1. The first-order valence-corrected chi connectivity index (χ1v) is 9.80. The highest BCUT2D eigenvalue weighted by Gasteiger charge is 2.33. The maximum atomic E-state index is 12.9. The molecule has 1 saturated heterocycles. The topological polar surface area (TPSA) is 88.6 Å². The average molecular weight is 375 g/mol. The minimum Gasteiger partial charge on any atom is -0.497 e. The summed E-state index contributed by atoms with van der Waals surface area (Å²) in [7, 11) is -2.11. The molecule has 1 aromatic heterocycles. The highest BCUT2D eigenvalue weighted by Crippen LogP contribution is 2.25. The monoisotopic (exact) mass is 375 g/mol. The first-order valence-electron chi connectivity index (χ1n) is 8.36. The summed E-state index contributed by atoms with van der Waals surface area (Å²) in [6, 6.07) is 9.68. The molecule has 1 unspecified atom stereocenters. The van der Waals surface area contributed by atoms with Crippen LogP contribution < -0.4 is 10.1 Å². The van der Waals surface area contributed by atoms with E-state index in [1.54, 1.807) is 36.7 Å². The molecule has 1 N–H and O–H groups in total. The van der Waals surface area contributed by atoms with Crippen LogP contribution in [0.25, 0.3) is 0 Å². The number of methoxy groups -OCH3 is 1. The molecule has 3 rings (SSSR count). The zero-order valence-electron chi connectivity index (χ0n) is 14.5. The number of carbonyl (C=O) groups excluding carboxylic acids is 1. The van der Waals surface area contributed by atoms with Gasteiger partial charge in [-0.3, -0.25) is 9.78 Å². The zero-order valence-corrected chi connectivity index (χ0v) is 15.3. The Balaban J connectivity index is 1.71. The quantitative estimate of drug-likeness (QED) is 0.865. The van der Waals surface area contributed by atoms with Gasteiger partial charge in [-0.05, 0) is 49.2 Å². The predicted molar refractivity (Wildman–Crippen MR) is 97.3 cm³/mol. The summed E-state index contributed by atoms with van der Waals surface area (Å²) in [5.41, 5.74) is 0.653. The van der Waals surface area contributed by atoms with Crippen LogP contribution in [0.2, 0.25) is 0 Å². The summed E-state index contributed by atoms with van der Waals surface area (Å²) in [6.07, 6.45) is 4.49. The molecule has 1 aliphatic heterocycles. The molecule has 8 heteroatoms. The van der Waals surface area contributed by atoms with Crippen molar-refractivity contribution in [2.24, 2.45) is 5.92 Å². The van der Waals surface area contributed by atoms with Gasteiger partial charge in [0.15, 0.2) is 0 Å². The fourth-order valence-electron chi connectivity index (χ4n) is 2.95. The van der Waals surface area contributed by atoms with Crippen LogP contribution in [0.1, 0.15) is 12.8 Å². The van der Waals surface area contributed by atoms with Crippen molar-refractivity contribution in [3.63, 3.8) is 0 Å². The van der Waals surface area contributed by atoms with Crippen molar-refractivity contribution < 1.29 is 17.9 Å². The van der Waals surface area contributed by atoms with Crippen LogP contribution in [-0.2, 0) is 14.8 Å². The number of hydrogen-bond donors (Lipinski definition) is 1. The lowest BCUT2D eigenvalue weighted by molar-refractivity contribution is -0.120. The molecule has 7 nitrogen and oxygen atoms in total. The maximum Gasteiger partial charge on any atom is 0.243 e. The zero-order chi connectivity index (χ0) is 18.6. The summed E-state index contributed by atoms with van der Waals surface area (Å²) in [4.78, 5) is 16.6. The third-order valence-corrected chi connectivity index (χ3v) is 6.28. The highest BCUT2D eigenvalue weighted by molar-refractivity contribution is 7.89. The third kappa shape index (κ3) is 4.03. The molecule has 26 heavy (non-hydrogen) atoms. The molecule has 1 atom stereocenters. The van der Waals surface area contributed by atoms with E-state index in [9.17, 15) is 13.2 Å². The number of amides is 1. The lowest BCUT2D eigenvalue weighted by atomic mass is 9.99. The van der Waals surface area contributed by atoms with E-state index in [-0.39, 0.29) is 23.3 Å². The second-order valence-electron chi connectivity index (χ2n) is 6.10. The standard InChI is InChI=1S/C18H21N3O4S/c1-25-16-4-6-17(7-5-16)26(23,24)21-12-2-3-14(13-21)18(22)20-15-8-10-19-11-9-15/h4-11,14H,2-3,12-13H2,1H3,(H,19,20,22). The third-order valence-electron chi connectivity index (χ3n) is 4.40. The molecule has 138 valence electrons. The number of pyridine rings is 1. The maximum absolute atomic E-state index is 12.9. The number of carbonyl (C=O) groups is 1. The highest BCUT2D eigenvalue weighted by atomic mass is 32.2. The van der Waals surface area contributed by atoms with E-state index in [4.69, 9.17) is 4.74 Å². The molecule has 0 bridgehead atoms. The van der Waals surface area contributed by atoms with Crippen molar-refractivity contribution in [3.8, 4) is 5.75 Å². The number of hydrogen-bond acceptors (Lipinski definition) is 5. The average Bonchev–Trinajstić information content (AvgIpc) is 2.69. The molecule has 1 fully saturated rings. The number of rotatable bonds is 5.